The summed E-state index contributed by atoms with van der Waals surface area (Å²) in [4.78, 5) is 1.48. The first-order valence-electron chi connectivity index (χ1n) is 6.20. The van der Waals surface area contributed by atoms with Crippen molar-refractivity contribution in [1.82, 2.24) is 10.6 Å². The third-order valence-electron chi connectivity index (χ3n) is 3.84. The molecule has 2 rings (SSSR count). The molecule has 1 aliphatic heterocycles. The normalized spacial score (nSPS) is 25.1. The van der Waals surface area contributed by atoms with E-state index in [0.717, 1.165) is 13.1 Å². The van der Waals surface area contributed by atoms with Crippen LogP contribution in [0.1, 0.15) is 30.2 Å². The maximum Gasteiger partial charge on any atom is 0.0302 e. The van der Waals surface area contributed by atoms with Gasteiger partial charge in [-0.15, -0.1) is 11.3 Å². The van der Waals surface area contributed by atoms with Crippen molar-refractivity contribution in [2.75, 3.05) is 19.6 Å². The van der Waals surface area contributed by atoms with Crippen LogP contribution in [-0.4, -0.2) is 19.6 Å². The van der Waals surface area contributed by atoms with Gasteiger partial charge < -0.3 is 10.6 Å². The second-order valence-corrected chi connectivity index (χ2v) is 5.91. The van der Waals surface area contributed by atoms with E-state index in [4.69, 9.17) is 0 Å². The van der Waals surface area contributed by atoms with Crippen LogP contribution < -0.4 is 10.6 Å². The van der Waals surface area contributed by atoms with Crippen LogP contribution in [0, 0.1) is 12.3 Å². The zero-order chi connectivity index (χ0) is 11.4. The SMILES string of the molecule is CCC1(CNCc2sccc2C)CCNC1. The molecule has 0 bridgehead atoms. The second kappa shape index (κ2) is 5.30. The lowest BCUT2D eigenvalue weighted by Gasteiger charge is -2.26. The molecule has 16 heavy (non-hydrogen) atoms. The van der Waals surface area contributed by atoms with Gasteiger partial charge in [-0.3, -0.25) is 0 Å². The number of rotatable bonds is 5. The Labute approximate surface area is 102 Å². The quantitative estimate of drug-likeness (QED) is 0.824. The summed E-state index contributed by atoms with van der Waals surface area (Å²) in [5.41, 5.74) is 1.93. The summed E-state index contributed by atoms with van der Waals surface area (Å²) in [5, 5.41) is 9.29. The van der Waals surface area contributed by atoms with Crippen molar-refractivity contribution in [2.24, 2.45) is 5.41 Å². The molecule has 1 unspecified atom stereocenters. The van der Waals surface area contributed by atoms with Gasteiger partial charge in [0, 0.05) is 24.5 Å². The molecule has 0 aromatic carbocycles. The monoisotopic (exact) mass is 238 g/mol. The van der Waals surface area contributed by atoms with Crippen LogP contribution in [0.3, 0.4) is 0 Å². The van der Waals surface area contributed by atoms with Gasteiger partial charge in [0.2, 0.25) is 0 Å². The van der Waals surface area contributed by atoms with Crippen LogP contribution in [0.25, 0.3) is 0 Å². The van der Waals surface area contributed by atoms with Crippen LogP contribution in [0.15, 0.2) is 11.4 Å². The highest BCUT2D eigenvalue weighted by molar-refractivity contribution is 7.10. The molecule has 3 heteroatoms. The molecule has 0 saturated carbocycles. The fraction of sp³-hybridized carbons (Fsp3) is 0.692. The van der Waals surface area contributed by atoms with Crippen LogP contribution in [0.4, 0.5) is 0 Å². The minimum Gasteiger partial charge on any atom is -0.316 e. The van der Waals surface area contributed by atoms with Crippen molar-refractivity contribution in [1.29, 1.82) is 0 Å². The fourth-order valence-electron chi connectivity index (χ4n) is 2.40. The molecule has 1 aromatic heterocycles. The summed E-state index contributed by atoms with van der Waals surface area (Å²) in [6.07, 6.45) is 2.59. The minimum absolute atomic E-state index is 0.505. The molecule has 0 spiro atoms. The zero-order valence-electron chi connectivity index (χ0n) is 10.3. The van der Waals surface area contributed by atoms with Gasteiger partial charge in [0.25, 0.3) is 0 Å². The van der Waals surface area contributed by atoms with Crippen molar-refractivity contribution < 1.29 is 0 Å². The van der Waals surface area contributed by atoms with E-state index >= 15 is 0 Å². The minimum atomic E-state index is 0.505. The summed E-state index contributed by atoms with van der Waals surface area (Å²) in [6, 6.07) is 2.20. The molecule has 0 aliphatic carbocycles. The Kier molecular flexibility index (Phi) is 4.00. The molecule has 2 heterocycles. The first-order valence-corrected chi connectivity index (χ1v) is 7.08. The number of nitrogens with one attached hydrogen (secondary N) is 2. The van der Waals surface area contributed by atoms with Gasteiger partial charge in [-0.1, -0.05) is 6.92 Å². The summed E-state index contributed by atoms with van der Waals surface area (Å²) in [7, 11) is 0. The largest absolute Gasteiger partial charge is 0.316 e. The van der Waals surface area contributed by atoms with E-state index in [0.29, 0.717) is 5.41 Å². The van der Waals surface area contributed by atoms with Gasteiger partial charge in [-0.05, 0) is 48.7 Å². The van der Waals surface area contributed by atoms with Crippen molar-refractivity contribution in [3.05, 3.63) is 21.9 Å². The zero-order valence-corrected chi connectivity index (χ0v) is 11.1. The standard InChI is InChI=1S/C13H22N2S/c1-3-13(5-6-14-9-13)10-15-8-12-11(2)4-7-16-12/h4,7,14-15H,3,5-6,8-10H2,1-2H3. The van der Waals surface area contributed by atoms with Crippen molar-refractivity contribution in [2.45, 2.75) is 33.2 Å². The van der Waals surface area contributed by atoms with E-state index in [1.54, 1.807) is 0 Å². The Bertz CT molecular complexity index is 326. The highest BCUT2D eigenvalue weighted by atomic mass is 32.1. The average Bonchev–Trinajstić information content (AvgIpc) is 2.90. The molecule has 0 radical (unpaired) electrons. The maximum absolute atomic E-state index is 3.63. The van der Waals surface area contributed by atoms with Gasteiger partial charge >= 0.3 is 0 Å². The Morgan fingerprint density at radius 2 is 2.44 bits per heavy atom. The lowest BCUT2D eigenvalue weighted by molar-refractivity contribution is 0.291. The molecule has 2 N–H and O–H groups in total. The molecule has 1 aromatic rings. The fourth-order valence-corrected chi connectivity index (χ4v) is 3.28. The van der Waals surface area contributed by atoms with Crippen LogP contribution in [0.5, 0.6) is 0 Å². The molecular weight excluding hydrogens is 216 g/mol. The maximum atomic E-state index is 3.63. The predicted octanol–water partition coefficient (Wildman–Crippen LogP) is 2.54. The molecule has 1 atom stereocenters. The predicted molar refractivity (Wildman–Crippen MR) is 71.0 cm³/mol. The van der Waals surface area contributed by atoms with E-state index in [9.17, 15) is 0 Å². The summed E-state index contributed by atoms with van der Waals surface area (Å²) in [5.74, 6) is 0. The number of thiophene rings is 1. The van der Waals surface area contributed by atoms with E-state index < -0.39 is 0 Å². The third kappa shape index (κ3) is 2.65. The van der Waals surface area contributed by atoms with Crippen LogP contribution >= 0.6 is 11.3 Å². The smallest absolute Gasteiger partial charge is 0.0302 e. The molecule has 2 nitrogen and oxygen atoms in total. The highest BCUT2D eigenvalue weighted by Gasteiger charge is 2.31. The van der Waals surface area contributed by atoms with Crippen molar-refractivity contribution in [3.63, 3.8) is 0 Å². The average molecular weight is 238 g/mol. The molecule has 90 valence electrons. The Hall–Kier alpha value is -0.380. The molecule has 1 fully saturated rings. The van der Waals surface area contributed by atoms with Crippen LogP contribution in [-0.2, 0) is 6.54 Å². The van der Waals surface area contributed by atoms with Crippen molar-refractivity contribution in [3.8, 4) is 0 Å². The Balaban J connectivity index is 1.81. The topological polar surface area (TPSA) is 24.1 Å². The van der Waals surface area contributed by atoms with E-state index in [-0.39, 0.29) is 0 Å². The van der Waals surface area contributed by atoms with Gasteiger partial charge in [-0.2, -0.15) is 0 Å². The van der Waals surface area contributed by atoms with Gasteiger partial charge in [0.1, 0.15) is 0 Å². The third-order valence-corrected chi connectivity index (χ3v) is 4.86. The number of aryl methyl sites for hydroxylation is 1. The first kappa shape index (κ1) is 12.1. The van der Waals surface area contributed by atoms with Crippen LogP contribution in [0.2, 0.25) is 0 Å². The highest BCUT2D eigenvalue weighted by Crippen LogP contribution is 2.28. The summed E-state index contributed by atoms with van der Waals surface area (Å²) < 4.78 is 0. The lowest BCUT2D eigenvalue weighted by atomic mass is 9.84. The van der Waals surface area contributed by atoms with E-state index in [1.165, 1.54) is 36.4 Å². The molecular formula is C13H22N2S. The van der Waals surface area contributed by atoms with E-state index in [1.807, 2.05) is 11.3 Å². The Morgan fingerprint density at radius 1 is 1.56 bits per heavy atom. The van der Waals surface area contributed by atoms with Gasteiger partial charge in [0.05, 0.1) is 0 Å². The van der Waals surface area contributed by atoms with Gasteiger partial charge in [-0.25, -0.2) is 0 Å². The molecule has 1 aliphatic rings. The summed E-state index contributed by atoms with van der Waals surface area (Å²) in [6.45, 7) is 9.05. The van der Waals surface area contributed by atoms with E-state index in [2.05, 4.69) is 35.9 Å². The Morgan fingerprint density at radius 3 is 3.00 bits per heavy atom. The molecule has 1 saturated heterocycles. The first-order chi connectivity index (χ1) is 7.76. The number of hydrogen-bond donors (Lipinski definition) is 2. The number of hydrogen-bond acceptors (Lipinski definition) is 3. The molecule has 0 amide bonds. The lowest BCUT2D eigenvalue weighted by Crippen LogP contribution is -2.35. The van der Waals surface area contributed by atoms with Gasteiger partial charge in [0.15, 0.2) is 0 Å². The second-order valence-electron chi connectivity index (χ2n) is 4.91. The summed E-state index contributed by atoms with van der Waals surface area (Å²) >= 11 is 1.86. The van der Waals surface area contributed by atoms with Crippen molar-refractivity contribution >= 4 is 11.3 Å².